The van der Waals surface area contributed by atoms with Crippen molar-refractivity contribution in [3.63, 3.8) is 0 Å². The van der Waals surface area contributed by atoms with E-state index < -0.39 is 5.56 Å². The number of imidazole rings is 1. The van der Waals surface area contributed by atoms with Gasteiger partial charge in [0.2, 0.25) is 0 Å². The van der Waals surface area contributed by atoms with E-state index in [0.29, 0.717) is 12.1 Å². The topological polar surface area (TPSA) is 79.8 Å². The molecule has 0 aliphatic carbocycles. The van der Waals surface area contributed by atoms with E-state index in [0.717, 1.165) is 5.82 Å². The summed E-state index contributed by atoms with van der Waals surface area (Å²) in [6.07, 6.45) is 4.89. The number of rotatable bonds is 4. The lowest BCUT2D eigenvalue weighted by molar-refractivity contribution is 0.0949. The van der Waals surface area contributed by atoms with Crippen LogP contribution >= 0.6 is 11.6 Å². The molecule has 7 heteroatoms. The van der Waals surface area contributed by atoms with Crippen LogP contribution < -0.4 is 10.9 Å². The molecule has 2 aromatic heterocycles. The zero-order valence-corrected chi connectivity index (χ0v) is 11.9. The van der Waals surface area contributed by atoms with Crippen LogP contribution in [0, 0.1) is 0 Å². The molecule has 0 saturated carbocycles. The summed E-state index contributed by atoms with van der Waals surface area (Å²) in [7, 11) is 0. The highest BCUT2D eigenvalue weighted by Gasteiger charge is 2.10. The molecule has 0 fully saturated rings. The summed E-state index contributed by atoms with van der Waals surface area (Å²) < 4.78 is 1.97. The summed E-state index contributed by atoms with van der Waals surface area (Å²) in [5, 5.41) is 2.73. The average molecular weight is 295 g/mol. The van der Waals surface area contributed by atoms with E-state index in [-0.39, 0.29) is 17.0 Å². The predicted molar refractivity (Wildman–Crippen MR) is 75.9 cm³/mol. The summed E-state index contributed by atoms with van der Waals surface area (Å²) in [4.78, 5) is 29.7. The Morgan fingerprint density at radius 3 is 2.95 bits per heavy atom. The number of hydrogen-bond donors (Lipinski definition) is 2. The first-order valence-corrected chi connectivity index (χ1v) is 6.55. The molecule has 20 heavy (non-hydrogen) atoms. The second-order valence-corrected chi connectivity index (χ2v) is 5.00. The van der Waals surface area contributed by atoms with Crippen LogP contribution in [0.2, 0.25) is 5.02 Å². The molecule has 0 saturated heterocycles. The van der Waals surface area contributed by atoms with Crippen molar-refractivity contribution in [3.05, 3.63) is 51.4 Å². The van der Waals surface area contributed by atoms with Gasteiger partial charge in [-0.25, -0.2) is 4.98 Å². The average Bonchev–Trinajstić information content (AvgIpc) is 2.87. The van der Waals surface area contributed by atoms with E-state index in [1.807, 2.05) is 24.6 Å². The number of aromatic nitrogens is 3. The first-order chi connectivity index (χ1) is 9.49. The lowest BCUT2D eigenvalue weighted by Gasteiger charge is -2.12. The van der Waals surface area contributed by atoms with Crippen molar-refractivity contribution < 1.29 is 4.79 Å². The lowest BCUT2D eigenvalue weighted by atomic mass is 10.2. The van der Waals surface area contributed by atoms with E-state index in [2.05, 4.69) is 15.3 Å². The second-order valence-electron chi connectivity index (χ2n) is 4.59. The molecule has 0 aromatic carbocycles. The van der Waals surface area contributed by atoms with Crippen molar-refractivity contribution in [3.8, 4) is 0 Å². The number of aromatic amines is 1. The van der Waals surface area contributed by atoms with E-state index in [1.54, 1.807) is 6.20 Å². The number of carbonyl (C=O) groups is 1. The maximum Gasteiger partial charge on any atom is 0.266 e. The zero-order chi connectivity index (χ0) is 14.7. The van der Waals surface area contributed by atoms with Gasteiger partial charge in [0.1, 0.15) is 10.8 Å². The number of H-pyrrole nitrogens is 1. The molecule has 2 rings (SSSR count). The minimum atomic E-state index is -0.418. The van der Waals surface area contributed by atoms with Crippen molar-refractivity contribution in [2.24, 2.45) is 0 Å². The molecular formula is C13H15ClN4O2. The van der Waals surface area contributed by atoms with Crippen LogP contribution in [-0.4, -0.2) is 20.4 Å². The molecule has 0 aliphatic rings. The molecule has 0 atom stereocenters. The lowest BCUT2D eigenvalue weighted by Crippen LogP contribution is -2.26. The van der Waals surface area contributed by atoms with Crippen LogP contribution in [0.25, 0.3) is 0 Å². The smallest absolute Gasteiger partial charge is 0.266 e. The Labute approximate surface area is 120 Å². The molecular weight excluding hydrogens is 280 g/mol. The van der Waals surface area contributed by atoms with Gasteiger partial charge in [0.05, 0.1) is 12.1 Å². The van der Waals surface area contributed by atoms with Crippen molar-refractivity contribution >= 4 is 17.5 Å². The third-order valence-corrected chi connectivity index (χ3v) is 3.11. The van der Waals surface area contributed by atoms with Crippen LogP contribution in [0.1, 0.15) is 36.1 Å². The van der Waals surface area contributed by atoms with E-state index in [1.165, 1.54) is 12.3 Å². The van der Waals surface area contributed by atoms with Gasteiger partial charge >= 0.3 is 0 Å². The van der Waals surface area contributed by atoms with Crippen molar-refractivity contribution in [1.82, 2.24) is 19.9 Å². The van der Waals surface area contributed by atoms with Gasteiger partial charge in [-0.3, -0.25) is 9.59 Å². The minimum Gasteiger partial charge on any atom is -0.345 e. The number of nitrogens with one attached hydrogen (secondary N) is 2. The van der Waals surface area contributed by atoms with Gasteiger partial charge in [-0.15, -0.1) is 0 Å². The molecule has 2 heterocycles. The molecule has 0 spiro atoms. The maximum atomic E-state index is 12.0. The highest BCUT2D eigenvalue weighted by molar-refractivity contribution is 6.30. The number of halogens is 1. The summed E-state index contributed by atoms with van der Waals surface area (Å²) >= 11 is 5.68. The Kier molecular flexibility index (Phi) is 4.24. The van der Waals surface area contributed by atoms with Crippen LogP contribution in [-0.2, 0) is 6.54 Å². The normalized spacial score (nSPS) is 10.8. The SMILES string of the molecule is CC(C)n1ccnc1CNC(=O)c1c[nH]c(=O)c(Cl)c1. The Morgan fingerprint density at radius 2 is 2.30 bits per heavy atom. The number of carbonyl (C=O) groups excluding carboxylic acids is 1. The summed E-state index contributed by atoms with van der Waals surface area (Å²) in [5.74, 6) is 0.449. The van der Waals surface area contributed by atoms with Crippen LogP contribution in [0.3, 0.4) is 0 Å². The molecule has 2 N–H and O–H groups in total. The highest BCUT2D eigenvalue weighted by Crippen LogP contribution is 2.08. The maximum absolute atomic E-state index is 12.0. The van der Waals surface area contributed by atoms with Gasteiger partial charge < -0.3 is 14.9 Å². The fourth-order valence-corrected chi connectivity index (χ4v) is 1.97. The predicted octanol–water partition coefficient (Wildman–Crippen LogP) is 1.74. The van der Waals surface area contributed by atoms with Crippen molar-refractivity contribution in [1.29, 1.82) is 0 Å². The van der Waals surface area contributed by atoms with Crippen LogP contribution in [0.4, 0.5) is 0 Å². The Morgan fingerprint density at radius 1 is 1.55 bits per heavy atom. The van der Waals surface area contributed by atoms with Gasteiger partial charge in [-0.2, -0.15) is 0 Å². The summed E-state index contributed by atoms with van der Waals surface area (Å²) in [6, 6.07) is 1.61. The number of hydrogen-bond acceptors (Lipinski definition) is 3. The molecule has 0 unspecified atom stereocenters. The van der Waals surface area contributed by atoms with E-state index in [9.17, 15) is 9.59 Å². The quantitative estimate of drug-likeness (QED) is 0.901. The van der Waals surface area contributed by atoms with Gasteiger partial charge in [0.15, 0.2) is 0 Å². The van der Waals surface area contributed by atoms with Crippen molar-refractivity contribution in [2.75, 3.05) is 0 Å². The van der Waals surface area contributed by atoms with Crippen LogP contribution in [0.5, 0.6) is 0 Å². The Balaban J connectivity index is 2.07. The van der Waals surface area contributed by atoms with E-state index in [4.69, 9.17) is 11.6 Å². The zero-order valence-electron chi connectivity index (χ0n) is 11.2. The minimum absolute atomic E-state index is 0.0127. The number of amides is 1. The molecule has 0 bridgehead atoms. The van der Waals surface area contributed by atoms with E-state index >= 15 is 0 Å². The molecule has 6 nitrogen and oxygen atoms in total. The molecule has 0 aliphatic heterocycles. The summed E-state index contributed by atoms with van der Waals surface area (Å²) in [6.45, 7) is 4.38. The number of pyridine rings is 1. The van der Waals surface area contributed by atoms with Crippen molar-refractivity contribution in [2.45, 2.75) is 26.4 Å². The Bertz CT molecular complexity index is 675. The second kappa shape index (κ2) is 5.92. The fraction of sp³-hybridized carbons (Fsp3) is 0.308. The number of nitrogens with zero attached hydrogens (tertiary/aromatic N) is 2. The third kappa shape index (κ3) is 3.08. The first-order valence-electron chi connectivity index (χ1n) is 6.17. The van der Waals surface area contributed by atoms with Gasteiger partial charge in [-0.05, 0) is 19.9 Å². The first kappa shape index (κ1) is 14.3. The largest absolute Gasteiger partial charge is 0.345 e. The Hall–Kier alpha value is -2.08. The standard InChI is InChI=1S/C13H15ClN4O2/c1-8(2)18-4-3-15-11(18)7-17-12(19)9-5-10(14)13(20)16-6-9/h3-6,8H,7H2,1-2H3,(H,16,20)(H,17,19). The van der Waals surface area contributed by atoms with Crippen LogP contribution in [0.15, 0.2) is 29.5 Å². The molecule has 0 radical (unpaired) electrons. The highest BCUT2D eigenvalue weighted by atomic mass is 35.5. The molecule has 106 valence electrons. The van der Waals surface area contributed by atoms with Gasteiger partial charge in [-0.1, -0.05) is 11.6 Å². The monoisotopic (exact) mass is 294 g/mol. The van der Waals surface area contributed by atoms with Gasteiger partial charge in [0, 0.05) is 24.6 Å². The fourth-order valence-electron chi connectivity index (χ4n) is 1.80. The molecule has 1 amide bonds. The summed E-state index contributed by atoms with van der Waals surface area (Å²) in [5.41, 5.74) is -0.115. The molecule has 2 aromatic rings. The van der Waals surface area contributed by atoms with Gasteiger partial charge in [0.25, 0.3) is 11.5 Å². The third-order valence-electron chi connectivity index (χ3n) is 2.83.